The molecule has 0 unspecified atom stereocenters. The first kappa shape index (κ1) is 16.8. The quantitative estimate of drug-likeness (QED) is 0.695. The van der Waals surface area contributed by atoms with Gasteiger partial charge in [-0.25, -0.2) is 4.98 Å². The van der Waals surface area contributed by atoms with Gasteiger partial charge in [0.15, 0.2) is 0 Å². The first-order valence-corrected chi connectivity index (χ1v) is 7.56. The minimum Gasteiger partial charge on any atom is -0.366 e. The van der Waals surface area contributed by atoms with E-state index in [9.17, 15) is 13.2 Å². The van der Waals surface area contributed by atoms with Crippen LogP contribution < -0.4 is 10.6 Å². The van der Waals surface area contributed by atoms with Crippen molar-refractivity contribution in [1.29, 1.82) is 0 Å². The Labute approximate surface area is 142 Å². The zero-order chi connectivity index (χ0) is 17.7. The smallest absolute Gasteiger partial charge is 0.366 e. The molecule has 0 aliphatic rings. The number of aromatic nitrogens is 2. The number of halogens is 3. The maximum absolute atomic E-state index is 12.6. The second kappa shape index (κ2) is 7.21. The largest absolute Gasteiger partial charge is 0.416 e. The summed E-state index contributed by atoms with van der Waals surface area (Å²) in [4.78, 5) is 8.38. The molecule has 0 saturated carbocycles. The van der Waals surface area contributed by atoms with Crippen molar-refractivity contribution in [2.24, 2.45) is 0 Å². The van der Waals surface area contributed by atoms with Gasteiger partial charge < -0.3 is 10.6 Å². The number of nitrogens with zero attached hydrogens (tertiary/aromatic N) is 2. The number of hydrogen-bond acceptors (Lipinski definition) is 4. The molecule has 2 aromatic carbocycles. The standard InChI is InChI=1S/C18H15F3N4/c19-18(20,21)14-6-8-15(9-7-14)24-17-22-11-10-16(25-17)23-12-13-4-2-1-3-5-13/h1-11H,12H2,(H2,22,23,24,25). The predicted molar refractivity (Wildman–Crippen MR) is 90.5 cm³/mol. The van der Waals surface area contributed by atoms with Crippen LogP contribution in [0.4, 0.5) is 30.6 Å². The molecule has 7 heteroatoms. The van der Waals surface area contributed by atoms with E-state index in [-0.39, 0.29) is 0 Å². The molecule has 0 fully saturated rings. The van der Waals surface area contributed by atoms with Gasteiger partial charge in [-0.1, -0.05) is 30.3 Å². The summed E-state index contributed by atoms with van der Waals surface area (Å²) in [6.07, 6.45) is -2.77. The molecule has 0 radical (unpaired) electrons. The summed E-state index contributed by atoms with van der Waals surface area (Å²) >= 11 is 0. The van der Waals surface area contributed by atoms with Crippen molar-refractivity contribution in [2.45, 2.75) is 12.7 Å². The normalized spacial score (nSPS) is 11.2. The second-order valence-electron chi connectivity index (χ2n) is 5.30. The first-order chi connectivity index (χ1) is 12.0. The van der Waals surface area contributed by atoms with Gasteiger partial charge >= 0.3 is 6.18 Å². The van der Waals surface area contributed by atoms with Crippen LogP contribution >= 0.6 is 0 Å². The van der Waals surface area contributed by atoms with Crippen molar-refractivity contribution in [3.63, 3.8) is 0 Å². The van der Waals surface area contributed by atoms with E-state index >= 15 is 0 Å². The van der Waals surface area contributed by atoms with Crippen LogP contribution in [0.15, 0.2) is 66.9 Å². The Kier molecular flexibility index (Phi) is 4.83. The molecular formula is C18H15F3N4. The lowest BCUT2D eigenvalue weighted by Crippen LogP contribution is -2.05. The summed E-state index contributed by atoms with van der Waals surface area (Å²) in [5.74, 6) is 0.922. The van der Waals surface area contributed by atoms with E-state index < -0.39 is 11.7 Å². The van der Waals surface area contributed by atoms with Gasteiger partial charge in [0.05, 0.1) is 5.56 Å². The summed E-state index contributed by atoms with van der Waals surface area (Å²) in [6, 6.07) is 16.3. The highest BCUT2D eigenvalue weighted by Crippen LogP contribution is 2.30. The van der Waals surface area contributed by atoms with Gasteiger partial charge in [-0.2, -0.15) is 18.2 Å². The SMILES string of the molecule is FC(F)(F)c1ccc(Nc2nccc(NCc3ccccc3)n2)cc1. The third kappa shape index (κ3) is 4.69. The van der Waals surface area contributed by atoms with Gasteiger partial charge in [-0.3, -0.25) is 0 Å². The Morgan fingerprint density at radius 1 is 0.880 bits per heavy atom. The summed E-state index contributed by atoms with van der Waals surface area (Å²) in [5, 5.41) is 6.07. The third-order valence-corrected chi connectivity index (χ3v) is 3.44. The van der Waals surface area contributed by atoms with E-state index in [0.717, 1.165) is 17.7 Å². The minimum absolute atomic E-state index is 0.304. The molecule has 0 saturated heterocycles. The summed E-state index contributed by atoms with van der Waals surface area (Å²) in [5.41, 5.74) is 0.892. The number of rotatable bonds is 5. The lowest BCUT2D eigenvalue weighted by atomic mass is 10.2. The number of hydrogen-bond donors (Lipinski definition) is 2. The van der Waals surface area contributed by atoms with E-state index in [1.165, 1.54) is 12.1 Å². The van der Waals surface area contributed by atoms with Crippen molar-refractivity contribution in [2.75, 3.05) is 10.6 Å². The zero-order valence-electron chi connectivity index (χ0n) is 13.1. The molecule has 3 rings (SSSR count). The molecule has 2 N–H and O–H groups in total. The van der Waals surface area contributed by atoms with Crippen LogP contribution in [0.2, 0.25) is 0 Å². The Morgan fingerprint density at radius 2 is 1.60 bits per heavy atom. The van der Waals surface area contributed by atoms with Gasteiger partial charge in [0.25, 0.3) is 0 Å². The van der Waals surface area contributed by atoms with Crippen molar-refractivity contribution < 1.29 is 13.2 Å². The number of benzene rings is 2. The van der Waals surface area contributed by atoms with Gasteiger partial charge in [0.2, 0.25) is 5.95 Å². The molecular weight excluding hydrogens is 329 g/mol. The summed E-state index contributed by atoms with van der Waals surface area (Å²) in [6.45, 7) is 0.609. The lowest BCUT2D eigenvalue weighted by molar-refractivity contribution is -0.137. The molecule has 3 aromatic rings. The second-order valence-corrected chi connectivity index (χ2v) is 5.30. The minimum atomic E-state index is -4.35. The fourth-order valence-electron chi connectivity index (χ4n) is 2.18. The molecule has 0 bridgehead atoms. The molecule has 128 valence electrons. The van der Waals surface area contributed by atoms with Crippen LogP contribution in [0.1, 0.15) is 11.1 Å². The van der Waals surface area contributed by atoms with E-state index in [1.54, 1.807) is 12.3 Å². The predicted octanol–water partition coefficient (Wildman–Crippen LogP) is 4.85. The molecule has 0 spiro atoms. The van der Waals surface area contributed by atoms with Crippen LogP contribution in [-0.4, -0.2) is 9.97 Å². The molecule has 4 nitrogen and oxygen atoms in total. The van der Waals surface area contributed by atoms with Gasteiger partial charge in [0.1, 0.15) is 5.82 Å². The molecule has 1 heterocycles. The number of alkyl halides is 3. The van der Waals surface area contributed by atoms with Crippen molar-refractivity contribution in [3.8, 4) is 0 Å². The summed E-state index contributed by atoms with van der Waals surface area (Å²) in [7, 11) is 0. The highest BCUT2D eigenvalue weighted by Gasteiger charge is 2.29. The Balaban J connectivity index is 1.65. The first-order valence-electron chi connectivity index (χ1n) is 7.56. The molecule has 0 aliphatic carbocycles. The van der Waals surface area contributed by atoms with Crippen molar-refractivity contribution >= 4 is 17.5 Å². The maximum Gasteiger partial charge on any atom is 0.416 e. The van der Waals surface area contributed by atoms with Crippen LogP contribution in [0.25, 0.3) is 0 Å². The monoisotopic (exact) mass is 344 g/mol. The fraction of sp³-hybridized carbons (Fsp3) is 0.111. The number of anilines is 3. The van der Waals surface area contributed by atoms with E-state index in [4.69, 9.17) is 0 Å². The van der Waals surface area contributed by atoms with E-state index in [1.807, 2.05) is 30.3 Å². The Hall–Kier alpha value is -3.09. The van der Waals surface area contributed by atoms with Crippen molar-refractivity contribution in [3.05, 3.63) is 78.0 Å². The highest BCUT2D eigenvalue weighted by molar-refractivity contribution is 5.55. The Bertz CT molecular complexity index is 818. The molecule has 25 heavy (non-hydrogen) atoms. The van der Waals surface area contributed by atoms with Gasteiger partial charge in [-0.15, -0.1) is 0 Å². The van der Waals surface area contributed by atoms with Gasteiger partial charge in [-0.05, 0) is 35.9 Å². The van der Waals surface area contributed by atoms with Crippen LogP contribution in [0.3, 0.4) is 0 Å². The van der Waals surface area contributed by atoms with E-state index in [2.05, 4.69) is 20.6 Å². The van der Waals surface area contributed by atoms with Gasteiger partial charge in [0, 0.05) is 18.4 Å². The summed E-state index contributed by atoms with van der Waals surface area (Å²) < 4.78 is 37.7. The molecule has 0 atom stereocenters. The topological polar surface area (TPSA) is 49.8 Å². The fourth-order valence-corrected chi connectivity index (χ4v) is 2.18. The van der Waals surface area contributed by atoms with Crippen LogP contribution in [0.5, 0.6) is 0 Å². The molecule has 0 amide bonds. The van der Waals surface area contributed by atoms with Crippen molar-refractivity contribution in [1.82, 2.24) is 9.97 Å². The highest BCUT2D eigenvalue weighted by atomic mass is 19.4. The molecule has 0 aliphatic heterocycles. The maximum atomic E-state index is 12.6. The average Bonchev–Trinajstić information content (AvgIpc) is 2.61. The lowest BCUT2D eigenvalue weighted by Gasteiger charge is -2.10. The van der Waals surface area contributed by atoms with Crippen LogP contribution in [-0.2, 0) is 12.7 Å². The van der Waals surface area contributed by atoms with Crippen LogP contribution in [0, 0.1) is 0 Å². The molecule has 1 aromatic heterocycles. The Morgan fingerprint density at radius 3 is 2.28 bits per heavy atom. The number of nitrogens with one attached hydrogen (secondary N) is 2. The third-order valence-electron chi connectivity index (χ3n) is 3.44. The zero-order valence-corrected chi connectivity index (χ0v) is 13.1. The van der Waals surface area contributed by atoms with E-state index in [0.29, 0.717) is 24.0 Å². The average molecular weight is 344 g/mol.